The average Bonchev–Trinajstić information content (AvgIpc) is 2.69. The van der Waals surface area contributed by atoms with Crippen LogP contribution in [0.3, 0.4) is 0 Å². The van der Waals surface area contributed by atoms with Gasteiger partial charge in [0, 0.05) is 24.2 Å². The molecule has 0 spiro atoms. The number of hydroxylamine groups is 1. The Morgan fingerprint density at radius 1 is 1.30 bits per heavy atom. The highest BCUT2D eigenvalue weighted by molar-refractivity contribution is 5.93. The number of likely N-dealkylation sites (tertiary alicyclic amines) is 1. The molecule has 2 heterocycles. The second-order valence-corrected chi connectivity index (χ2v) is 6.34. The van der Waals surface area contributed by atoms with Crippen molar-refractivity contribution in [2.75, 3.05) is 19.7 Å². The van der Waals surface area contributed by atoms with Crippen LogP contribution < -0.4 is 10.2 Å². The van der Waals surface area contributed by atoms with Crippen LogP contribution in [0.25, 0.3) is 0 Å². The van der Waals surface area contributed by atoms with Crippen molar-refractivity contribution < 1.29 is 19.5 Å². The zero-order valence-electron chi connectivity index (χ0n) is 13.3. The largest absolute Gasteiger partial charge is 0.491 e. The maximum absolute atomic E-state index is 12.6. The first-order valence-electron chi connectivity index (χ1n) is 7.75. The first-order valence-corrected chi connectivity index (χ1v) is 7.75. The molecule has 7 nitrogen and oxygen atoms in total. The van der Waals surface area contributed by atoms with Gasteiger partial charge in [-0.2, -0.15) is 0 Å². The SMILES string of the molecule is CC1CN(C(=O)N2Cc3ccc(C(=O)NO)cc3OC[C@@H]2C)C1. The third-order valence-electron chi connectivity index (χ3n) is 4.36. The molecule has 3 rings (SSSR count). The summed E-state index contributed by atoms with van der Waals surface area (Å²) in [5, 5.41) is 8.72. The number of amides is 3. The van der Waals surface area contributed by atoms with E-state index in [1.165, 1.54) is 0 Å². The van der Waals surface area contributed by atoms with Gasteiger partial charge in [-0.15, -0.1) is 0 Å². The number of urea groups is 1. The van der Waals surface area contributed by atoms with Gasteiger partial charge in [-0.25, -0.2) is 10.3 Å². The van der Waals surface area contributed by atoms with Crippen molar-refractivity contribution in [2.24, 2.45) is 5.92 Å². The van der Waals surface area contributed by atoms with Crippen molar-refractivity contribution in [1.29, 1.82) is 0 Å². The van der Waals surface area contributed by atoms with Gasteiger partial charge in [0.2, 0.25) is 0 Å². The monoisotopic (exact) mass is 319 g/mol. The van der Waals surface area contributed by atoms with Gasteiger partial charge in [0.05, 0.1) is 12.6 Å². The lowest BCUT2D eigenvalue weighted by atomic mass is 10.0. The normalized spacial score (nSPS) is 20.9. The number of fused-ring (bicyclic) bond motifs is 1. The second-order valence-electron chi connectivity index (χ2n) is 6.34. The third-order valence-corrected chi connectivity index (χ3v) is 4.36. The standard InChI is InChI=1S/C16H21N3O4/c1-10-6-18(7-10)16(21)19-8-13-4-3-12(15(20)17-22)5-14(13)23-9-11(19)2/h3-5,10-11,22H,6-9H2,1-2H3,(H,17,20)/t11-/m0/s1. The van der Waals surface area contributed by atoms with Crippen LogP contribution in [0.2, 0.25) is 0 Å². The molecule has 23 heavy (non-hydrogen) atoms. The van der Waals surface area contributed by atoms with Crippen LogP contribution >= 0.6 is 0 Å². The fraction of sp³-hybridized carbons (Fsp3) is 0.500. The fourth-order valence-corrected chi connectivity index (χ4v) is 2.96. The third kappa shape index (κ3) is 2.96. The molecule has 1 aromatic carbocycles. The molecule has 0 bridgehead atoms. The molecule has 0 radical (unpaired) electrons. The van der Waals surface area contributed by atoms with E-state index in [2.05, 4.69) is 6.92 Å². The van der Waals surface area contributed by atoms with Crippen LogP contribution in [0.1, 0.15) is 29.8 Å². The minimum Gasteiger partial charge on any atom is -0.491 e. The minimum atomic E-state index is -0.587. The number of rotatable bonds is 1. The molecule has 0 saturated carbocycles. The van der Waals surface area contributed by atoms with Gasteiger partial charge >= 0.3 is 6.03 Å². The second kappa shape index (κ2) is 6.08. The predicted molar refractivity (Wildman–Crippen MR) is 82.3 cm³/mol. The summed E-state index contributed by atoms with van der Waals surface area (Å²) in [6.07, 6.45) is 0. The highest BCUT2D eigenvalue weighted by atomic mass is 16.5. The van der Waals surface area contributed by atoms with Gasteiger partial charge in [0.1, 0.15) is 12.4 Å². The number of benzene rings is 1. The molecule has 124 valence electrons. The number of carbonyl (C=O) groups excluding carboxylic acids is 2. The van der Waals surface area contributed by atoms with Gasteiger partial charge < -0.3 is 14.5 Å². The van der Waals surface area contributed by atoms with E-state index < -0.39 is 5.91 Å². The van der Waals surface area contributed by atoms with Gasteiger partial charge in [0.25, 0.3) is 5.91 Å². The summed E-state index contributed by atoms with van der Waals surface area (Å²) in [7, 11) is 0. The summed E-state index contributed by atoms with van der Waals surface area (Å²) in [6, 6.07) is 4.94. The molecule has 0 aliphatic carbocycles. The molecule has 2 aliphatic rings. The summed E-state index contributed by atoms with van der Waals surface area (Å²) < 4.78 is 5.75. The van der Waals surface area contributed by atoms with E-state index in [4.69, 9.17) is 9.94 Å². The summed E-state index contributed by atoms with van der Waals surface area (Å²) in [6.45, 7) is 6.49. The lowest BCUT2D eigenvalue weighted by Gasteiger charge is -2.41. The van der Waals surface area contributed by atoms with Crippen LogP contribution in [0.15, 0.2) is 18.2 Å². The van der Waals surface area contributed by atoms with Gasteiger partial charge in [-0.1, -0.05) is 13.0 Å². The average molecular weight is 319 g/mol. The summed E-state index contributed by atoms with van der Waals surface area (Å²) in [4.78, 5) is 27.8. The van der Waals surface area contributed by atoms with E-state index in [1.54, 1.807) is 23.7 Å². The van der Waals surface area contributed by atoms with Crippen molar-refractivity contribution in [2.45, 2.75) is 26.4 Å². The molecular formula is C16H21N3O4. The van der Waals surface area contributed by atoms with Gasteiger partial charge in [-0.05, 0) is 25.0 Å². The predicted octanol–water partition coefficient (Wildman–Crippen LogP) is 1.46. The Balaban J connectivity index is 1.81. The number of ether oxygens (including phenoxy) is 1. The summed E-state index contributed by atoms with van der Waals surface area (Å²) in [5.74, 6) is 0.547. The molecule has 7 heteroatoms. The highest BCUT2D eigenvalue weighted by Crippen LogP contribution is 2.28. The maximum Gasteiger partial charge on any atom is 0.320 e. The number of hydrogen-bond acceptors (Lipinski definition) is 4. The minimum absolute atomic E-state index is 0.0317. The van der Waals surface area contributed by atoms with Crippen LogP contribution in [0.5, 0.6) is 5.75 Å². The Morgan fingerprint density at radius 2 is 2.04 bits per heavy atom. The van der Waals surface area contributed by atoms with E-state index >= 15 is 0 Å². The van der Waals surface area contributed by atoms with E-state index in [9.17, 15) is 9.59 Å². The fourth-order valence-electron chi connectivity index (χ4n) is 2.96. The van der Waals surface area contributed by atoms with Crippen LogP contribution in [-0.2, 0) is 6.54 Å². The highest BCUT2D eigenvalue weighted by Gasteiger charge is 2.34. The smallest absolute Gasteiger partial charge is 0.320 e. The molecule has 1 atom stereocenters. The first kappa shape index (κ1) is 15.6. The lowest BCUT2D eigenvalue weighted by molar-refractivity contribution is 0.0706. The summed E-state index contributed by atoms with van der Waals surface area (Å²) >= 11 is 0. The lowest BCUT2D eigenvalue weighted by Crippen LogP contribution is -2.56. The molecule has 3 amide bonds. The molecule has 1 aromatic rings. The van der Waals surface area contributed by atoms with E-state index in [1.807, 2.05) is 16.7 Å². The number of nitrogens with zero attached hydrogens (tertiary/aromatic N) is 2. The van der Waals surface area contributed by atoms with E-state index in [0.29, 0.717) is 30.4 Å². The Kier molecular flexibility index (Phi) is 4.12. The van der Waals surface area contributed by atoms with Gasteiger partial charge in [-0.3, -0.25) is 10.0 Å². The van der Waals surface area contributed by atoms with Crippen molar-refractivity contribution in [3.8, 4) is 5.75 Å². The molecule has 0 unspecified atom stereocenters. The number of hydrogen-bond donors (Lipinski definition) is 2. The van der Waals surface area contributed by atoms with E-state index in [-0.39, 0.29) is 12.1 Å². The Labute approximate surface area is 134 Å². The topological polar surface area (TPSA) is 82.1 Å². The molecule has 2 aliphatic heterocycles. The van der Waals surface area contributed by atoms with Crippen molar-refractivity contribution in [1.82, 2.24) is 15.3 Å². The Bertz CT molecular complexity index is 628. The molecule has 1 fully saturated rings. The van der Waals surface area contributed by atoms with Crippen LogP contribution in [0.4, 0.5) is 4.79 Å². The Morgan fingerprint density at radius 3 is 2.70 bits per heavy atom. The maximum atomic E-state index is 12.6. The zero-order chi connectivity index (χ0) is 16.6. The first-order chi connectivity index (χ1) is 11.0. The molecular weight excluding hydrogens is 298 g/mol. The zero-order valence-corrected chi connectivity index (χ0v) is 13.3. The Hall–Kier alpha value is -2.28. The quantitative estimate of drug-likeness (QED) is 0.606. The van der Waals surface area contributed by atoms with Crippen LogP contribution in [0, 0.1) is 5.92 Å². The number of nitrogens with one attached hydrogen (secondary N) is 1. The number of carbonyl (C=O) groups is 2. The molecule has 1 saturated heterocycles. The van der Waals surface area contributed by atoms with E-state index in [0.717, 1.165) is 18.7 Å². The van der Waals surface area contributed by atoms with Crippen molar-refractivity contribution in [3.05, 3.63) is 29.3 Å². The van der Waals surface area contributed by atoms with Gasteiger partial charge in [0.15, 0.2) is 0 Å². The molecule has 2 N–H and O–H groups in total. The summed E-state index contributed by atoms with van der Waals surface area (Å²) in [5.41, 5.74) is 2.78. The van der Waals surface area contributed by atoms with Crippen molar-refractivity contribution >= 4 is 11.9 Å². The van der Waals surface area contributed by atoms with Crippen LogP contribution in [-0.4, -0.2) is 52.7 Å². The molecule has 0 aromatic heterocycles. The van der Waals surface area contributed by atoms with Crippen molar-refractivity contribution in [3.63, 3.8) is 0 Å².